The predicted octanol–water partition coefficient (Wildman–Crippen LogP) is 2.96. The molecule has 1 N–H and O–H groups in total. The van der Waals surface area contributed by atoms with E-state index in [1.54, 1.807) is 11.8 Å². The minimum atomic E-state index is -0.212. The molecule has 1 rings (SSSR count). The van der Waals surface area contributed by atoms with E-state index in [1.807, 2.05) is 0 Å². The zero-order valence-corrected chi connectivity index (χ0v) is 10.6. The molecule has 1 aromatic rings. The molecule has 0 radical (unpaired) electrons. The lowest BCUT2D eigenvalue weighted by Crippen LogP contribution is -2.13. The Morgan fingerprint density at radius 1 is 1.20 bits per heavy atom. The van der Waals surface area contributed by atoms with Gasteiger partial charge in [0, 0.05) is 5.75 Å². The lowest BCUT2D eigenvalue weighted by atomic mass is 10.0. The maximum Gasteiger partial charge on any atom is 0.0670 e. The number of thioether (sulfide) groups is 1. The summed E-state index contributed by atoms with van der Waals surface area (Å²) in [5.74, 6) is 1.91. The highest BCUT2D eigenvalue weighted by atomic mass is 32.2. The normalized spacial score (nSPS) is 12.8. The maximum absolute atomic E-state index is 9.79. The average molecular weight is 224 g/mol. The van der Waals surface area contributed by atoms with Crippen LogP contribution in [0.1, 0.15) is 23.6 Å². The van der Waals surface area contributed by atoms with Crippen LogP contribution < -0.4 is 0 Å². The first-order chi connectivity index (χ1) is 7.11. The smallest absolute Gasteiger partial charge is 0.0670 e. The summed E-state index contributed by atoms with van der Waals surface area (Å²) >= 11 is 1.79. The third-order valence-corrected chi connectivity index (χ3v) is 3.30. The molecule has 0 aliphatic heterocycles. The van der Waals surface area contributed by atoms with Gasteiger partial charge in [0.2, 0.25) is 0 Å². The molecule has 1 aromatic carbocycles. The van der Waals surface area contributed by atoms with Crippen molar-refractivity contribution in [2.45, 2.75) is 33.3 Å². The second-order valence-electron chi connectivity index (χ2n) is 4.01. The second kappa shape index (κ2) is 6.19. The average Bonchev–Trinajstić information content (AvgIpc) is 2.13. The summed E-state index contributed by atoms with van der Waals surface area (Å²) in [7, 11) is 0. The Kier molecular flexibility index (Phi) is 5.20. The van der Waals surface area contributed by atoms with Crippen LogP contribution in [0.15, 0.2) is 18.2 Å². The molecule has 0 aliphatic carbocycles. The fraction of sp³-hybridized carbons (Fsp3) is 0.538. The summed E-state index contributed by atoms with van der Waals surface area (Å²) in [6, 6.07) is 6.48. The number of rotatable bonds is 5. The van der Waals surface area contributed by atoms with E-state index in [0.717, 1.165) is 17.9 Å². The monoisotopic (exact) mass is 224 g/mol. The summed E-state index contributed by atoms with van der Waals surface area (Å²) < 4.78 is 0. The first-order valence-corrected chi connectivity index (χ1v) is 6.60. The van der Waals surface area contributed by atoms with Crippen LogP contribution in [0, 0.1) is 13.8 Å². The highest BCUT2D eigenvalue weighted by Crippen LogP contribution is 2.13. The maximum atomic E-state index is 9.79. The lowest BCUT2D eigenvalue weighted by Gasteiger charge is -2.11. The van der Waals surface area contributed by atoms with Crippen LogP contribution in [0.4, 0.5) is 0 Å². The molecule has 0 heterocycles. The van der Waals surface area contributed by atoms with Crippen LogP contribution in [0.25, 0.3) is 0 Å². The topological polar surface area (TPSA) is 20.2 Å². The number of hydrogen-bond donors (Lipinski definition) is 1. The van der Waals surface area contributed by atoms with E-state index in [0.29, 0.717) is 0 Å². The molecule has 1 unspecified atom stereocenters. The van der Waals surface area contributed by atoms with Crippen molar-refractivity contribution in [2.24, 2.45) is 0 Å². The fourth-order valence-electron chi connectivity index (χ4n) is 1.77. The number of benzene rings is 1. The van der Waals surface area contributed by atoms with Gasteiger partial charge in [0.15, 0.2) is 0 Å². The van der Waals surface area contributed by atoms with Gasteiger partial charge < -0.3 is 5.11 Å². The SMILES string of the molecule is CCSCC(O)Cc1cc(C)cc(C)c1. The molecule has 0 spiro atoms. The zero-order valence-electron chi connectivity index (χ0n) is 9.79. The largest absolute Gasteiger partial charge is 0.392 e. The van der Waals surface area contributed by atoms with E-state index in [4.69, 9.17) is 0 Å². The van der Waals surface area contributed by atoms with Gasteiger partial charge in [-0.15, -0.1) is 0 Å². The van der Waals surface area contributed by atoms with Crippen molar-refractivity contribution in [1.29, 1.82) is 0 Å². The molecule has 1 nitrogen and oxygen atoms in total. The molecule has 0 saturated heterocycles. The number of hydrogen-bond acceptors (Lipinski definition) is 2. The Bertz CT molecular complexity index is 289. The van der Waals surface area contributed by atoms with Crippen LogP contribution in [-0.4, -0.2) is 22.7 Å². The molecule has 2 heteroatoms. The van der Waals surface area contributed by atoms with Crippen molar-refractivity contribution in [3.63, 3.8) is 0 Å². The predicted molar refractivity (Wildman–Crippen MR) is 68.6 cm³/mol. The molecule has 0 aromatic heterocycles. The summed E-state index contributed by atoms with van der Waals surface area (Å²) in [6.07, 6.45) is 0.561. The Labute approximate surface area is 96.9 Å². The highest BCUT2D eigenvalue weighted by Gasteiger charge is 2.05. The molecule has 0 fully saturated rings. The summed E-state index contributed by atoms with van der Waals surface area (Å²) in [4.78, 5) is 0. The van der Waals surface area contributed by atoms with Crippen molar-refractivity contribution in [2.75, 3.05) is 11.5 Å². The van der Waals surface area contributed by atoms with Crippen LogP contribution in [-0.2, 0) is 6.42 Å². The van der Waals surface area contributed by atoms with Crippen molar-refractivity contribution < 1.29 is 5.11 Å². The molecule has 15 heavy (non-hydrogen) atoms. The standard InChI is InChI=1S/C13H20OS/c1-4-15-9-13(14)8-12-6-10(2)5-11(3)7-12/h5-7,13-14H,4,8-9H2,1-3H3. The molecule has 0 saturated carbocycles. The van der Waals surface area contributed by atoms with E-state index in [9.17, 15) is 5.11 Å². The van der Waals surface area contributed by atoms with Gasteiger partial charge in [-0.25, -0.2) is 0 Å². The number of aryl methyl sites for hydroxylation is 2. The summed E-state index contributed by atoms with van der Waals surface area (Å²) in [5.41, 5.74) is 3.80. The molecule has 84 valence electrons. The molecule has 0 aliphatic rings. The molecule has 0 bridgehead atoms. The van der Waals surface area contributed by atoms with Crippen molar-refractivity contribution in [3.8, 4) is 0 Å². The minimum absolute atomic E-state index is 0.212. The Balaban J connectivity index is 2.56. The van der Waals surface area contributed by atoms with Crippen LogP contribution in [0.5, 0.6) is 0 Å². The van der Waals surface area contributed by atoms with Crippen molar-refractivity contribution in [1.82, 2.24) is 0 Å². The quantitative estimate of drug-likeness (QED) is 0.830. The highest BCUT2D eigenvalue weighted by molar-refractivity contribution is 7.99. The fourth-order valence-corrected chi connectivity index (χ4v) is 2.40. The Morgan fingerprint density at radius 3 is 2.33 bits per heavy atom. The second-order valence-corrected chi connectivity index (χ2v) is 5.33. The third-order valence-electron chi connectivity index (χ3n) is 2.27. The third kappa shape index (κ3) is 4.72. The van der Waals surface area contributed by atoms with Gasteiger partial charge in [-0.1, -0.05) is 36.2 Å². The van der Waals surface area contributed by atoms with Gasteiger partial charge in [0.1, 0.15) is 0 Å². The van der Waals surface area contributed by atoms with Crippen LogP contribution in [0.3, 0.4) is 0 Å². The Hall–Kier alpha value is -0.470. The van der Waals surface area contributed by atoms with E-state index >= 15 is 0 Å². The van der Waals surface area contributed by atoms with E-state index < -0.39 is 0 Å². The zero-order chi connectivity index (χ0) is 11.3. The minimum Gasteiger partial charge on any atom is -0.392 e. The van der Waals surface area contributed by atoms with Gasteiger partial charge in [-0.05, 0) is 31.6 Å². The molecular weight excluding hydrogens is 204 g/mol. The van der Waals surface area contributed by atoms with Gasteiger partial charge in [0.25, 0.3) is 0 Å². The van der Waals surface area contributed by atoms with E-state index in [1.165, 1.54) is 16.7 Å². The van der Waals surface area contributed by atoms with Gasteiger partial charge in [0.05, 0.1) is 6.10 Å². The summed E-state index contributed by atoms with van der Waals surface area (Å²) in [5, 5.41) is 9.79. The van der Waals surface area contributed by atoms with Gasteiger partial charge in [-0.3, -0.25) is 0 Å². The van der Waals surface area contributed by atoms with E-state index in [2.05, 4.69) is 39.0 Å². The van der Waals surface area contributed by atoms with E-state index in [-0.39, 0.29) is 6.10 Å². The van der Waals surface area contributed by atoms with Crippen LogP contribution >= 0.6 is 11.8 Å². The molecule has 0 amide bonds. The first kappa shape index (κ1) is 12.6. The molecular formula is C13H20OS. The summed E-state index contributed by atoms with van der Waals surface area (Å²) in [6.45, 7) is 6.32. The van der Waals surface area contributed by atoms with Gasteiger partial charge >= 0.3 is 0 Å². The lowest BCUT2D eigenvalue weighted by molar-refractivity contribution is 0.200. The van der Waals surface area contributed by atoms with Gasteiger partial charge in [-0.2, -0.15) is 11.8 Å². The Morgan fingerprint density at radius 2 is 1.80 bits per heavy atom. The number of aliphatic hydroxyl groups is 1. The number of aliphatic hydroxyl groups excluding tert-OH is 1. The van der Waals surface area contributed by atoms with Crippen molar-refractivity contribution in [3.05, 3.63) is 34.9 Å². The van der Waals surface area contributed by atoms with Crippen molar-refractivity contribution >= 4 is 11.8 Å². The van der Waals surface area contributed by atoms with Crippen LogP contribution in [0.2, 0.25) is 0 Å². The first-order valence-electron chi connectivity index (χ1n) is 5.44. The molecule has 1 atom stereocenters.